The van der Waals surface area contributed by atoms with Gasteiger partial charge in [-0.1, -0.05) is 30.0 Å². The number of hydrogen-bond donors (Lipinski definition) is 1. The molecule has 0 fully saturated rings. The van der Waals surface area contributed by atoms with Gasteiger partial charge in [-0.05, 0) is 36.1 Å². The van der Waals surface area contributed by atoms with Gasteiger partial charge in [0.05, 0.1) is 11.8 Å². The van der Waals surface area contributed by atoms with E-state index in [0.29, 0.717) is 5.16 Å². The van der Waals surface area contributed by atoms with Gasteiger partial charge in [-0.15, -0.1) is 21.5 Å². The van der Waals surface area contributed by atoms with Crippen molar-refractivity contribution >= 4 is 29.0 Å². The van der Waals surface area contributed by atoms with Crippen LogP contribution in [0.3, 0.4) is 0 Å². The lowest BCUT2D eigenvalue weighted by molar-refractivity contribution is -0.119. The van der Waals surface area contributed by atoms with E-state index >= 15 is 0 Å². The molecule has 5 nitrogen and oxygen atoms in total. The minimum atomic E-state index is -0.297. The van der Waals surface area contributed by atoms with Crippen molar-refractivity contribution < 1.29 is 9.18 Å². The van der Waals surface area contributed by atoms with Crippen LogP contribution in [-0.4, -0.2) is 26.4 Å². The molecule has 25 heavy (non-hydrogen) atoms. The lowest BCUT2D eigenvalue weighted by atomic mass is 10.1. The molecule has 0 saturated carbocycles. The number of hydrogen-bond acceptors (Lipinski definition) is 5. The van der Waals surface area contributed by atoms with Gasteiger partial charge in [0.25, 0.3) is 0 Å². The first-order chi connectivity index (χ1) is 12.2. The Bertz CT molecular complexity index is 818. The molecule has 0 bridgehead atoms. The fourth-order valence-corrected chi connectivity index (χ4v) is 3.93. The van der Waals surface area contributed by atoms with Crippen molar-refractivity contribution in [2.75, 3.05) is 5.75 Å². The van der Waals surface area contributed by atoms with Crippen LogP contribution in [-0.2, 0) is 11.3 Å². The van der Waals surface area contributed by atoms with E-state index in [2.05, 4.69) is 15.5 Å². The van der Waals surface area contributed by atoms with Gasteiger partial charge < -0.3 is 9.88 Å². The number of carbonyl (C=O) groups is 1. The molecule has 0 spiro atoms. The van der Waals surface area contributed by atoms with Gasteiger partial charge in [0.1, 0.15) is 12.1 Å². The van der Waals surface area contributed by atoms with Gasteiger partial charge in [-0.3, -0.25) is 4.79 Å². The SMILES string of the molecule is CCn1cnnc1SCC(=O)NC(c1ccc(F)cc1)c1cccs1. The van der Waals surface area contributed by atoms with E-state index in [1.165, 1.54) is 23.9 Å². The van der Waals surface area contributed by atoms with Gasteiger partial charge in [-0.2, -0.15) is 0 Å². The third-order valence-corrected chi connectivity index (χ3v) is 5.51. The molecule has 1 atom stereocenters. The number of thioether (sulfide) groups is 1. The van der Waals surface area contributed by atoms with Gasteiger partial charge in [-0.25, -0.2) is 4.39 Å². The van der Waals surface area contributed by atoms with Crippen molar-refractivity contribution in [2.24, 2.45) is 0 Å². The second kappa shape index (κ2) is 8.26. The summed E-state index contributed by atoms with van der Waals surface area (Å²) in [7, 11) is 0. The molecule has 130 valence electrons. The van der Waals surface area contributed by atoms with Crippen molar-refractivity contribution in [3.8, 4) is 0 Å². The molecule has 1 amide bonds. The minimum Gasteiger partial charge on any atom is -0.344 e. The molecule has 3 aromatic rings. The van der Waals surface area contributed by atoms with Crippen LogP contribution in [0, 0.1) is 5.82 Å². The summed E-state index contributed by atoms with van der Waals surface area (Å²) in [5.74, 6) is -0.172. The van der Waals surface area contributed by atoms with Crippen LogP contribution in [0.5, 0.6) is 0 Å². The Morgan fingerprint density at radius 3 is 2.84 bits per heavy atom. The van der Waals surface area contributed by atoms with Crippen LogP contribution >= 0.6 is 23.1 Å². The van der Waals surface area contributed by atoms with Crippen LogP contribution in [0.4, 0.5) is 4.39 Å². The van der Waals surface area contributed by atoms with Crippen molar-refractivity contribution in [3.05, 3.63) is 64.4 Å². The van der Waals surface area contributed by atoms with E-state index in [1.54, 1.807) is 29.8 Å². The van der Waals surface area contributed by atoms with Crippen LogP contribution in [0.25, 0.3) is 0 Å². The smallest absolute Gasteiger partial charge is 0.231 e. The Hall–Kier alpha value is -2.19. The quantitative estimate of drug-likeness (QED) is 0.641. The van der Waals surface area contributed by atoms with Gasteiger partial charge in [0, 0.05) is 11.4 Å². The number of aromatic nitrogens is 3. The maximum atomic E-state index is 13.2. The molecule has 0 aliphatic rings. The topological polar surface area (TPSA) is 59.8 Å². The van der Waals surface area contributed by atoms with Gasteiger partial charge in [0.15, 0.2) is 5.16 Å². The van der Waals surface area contributed by atoms with Crippen LogP contribution in [0.15, 0.2) is 53.3 Å². The fourth-order valence-electron chi connectivity index (χ4n) is 2.34. The van der Waals surface area contributed by atoms with E-state index in [0.717, 1.165) is 17.0 Å². The number of rotatable bonds is 7. The maximum Gasteiger partial charge on any atom is 0.231 e. The molecule has 1 N–H and O–H groups in total. The molecule has 1 unspecified atom stereocenters. The monoisotopic (exact) mass is 376 g/mol. The first kappa shape index (κ1) is 17.6. The molecular weight excluding hydrogens is 359 g/mol. The summed E-state index contributed by atoms with van der Waals surface area (Å²) in [6, 6.07) is 9.79. The minimum absolute atomic E-state index is 0.113. The number of benzene rings is 1. The highest BCUT2D eigenvalue weighted by Crippen LogP contribution is 2.26. The largest absolute Gasteiger partial charge is 0.344 e. The molecule has 0 saturated heterocycles. The zero-order valence-corrected chi connectivity index (χ0v) is 15.2. The van der Waals surface area contributed by atoms with Crippen LogP contribution in [0.1, 0.15) is 23.4 Å². The Balaban J connectivity index is 1.70. The van der Waals surface area contributed by atoms with Gasteiger partial charge >= 0.3 is 0 Å². The van der Waals surface area contributed by atoms with E-state index in [1.807, 2.05) is 29.0 Å². The Morgan fingerprint density at radius 1 is 1.36 bits per heavy atom. The Kier molecular flexibility index (Phi) is 5.83. The average molecular weight is 376 g/mol. The number of aryl methyl sites for hydroxylation is 1. The lowest BCUT2D eigenvalue weighted by Crippen LogP contribution is -2.30. The standard InChI is InChI=1S/C17H17FN4OS2/c1-2-22-11-19-21-17(22)25-10-15(23)20-16(14-4-3-9-24-14)12-5-7-13(18)8-6-12/h3-9,11,16H,2,10H2,1H3,(H,20,23). The third kappa shape index (κ3) is 4.46. The molecule has 1 aromatic carbocycles. The molecule has 8 heteroatoms. The summed E-state index contributed by atoms with van der Waals surface area (Å²) in [6.07, 6.45) is 1.65. The van der Waals surface area contributed by atoms with E-state index in [9.17, 15) is 9.18 Å². The Morgan fingerprint density at radius 2 is 2.16 bits per heavy atom. The maximum absolute atomic E-state index is 13.2. The highest BCUT2D eigenvalue weighted by atomic mass is 32.2. The summed E-state index contributed by atoms with van der Waals surface area (Å²) in [6.45, 7) is 2.75. The van der Waals surface area contributed by atoms with E-state index in [-0.39, 0.29) is 23.5 Å². The molecule has 2 aromatic heterocycles. The average Bonchev–Trinajstić information content (AvgIpc) is 3.30. The summed E-state index contributed by atoms with van der Waals surface area (Å²) in [5.41, 5.74) is 0.846. The zero-order chi connectivity index (χ0) is 17.6. The highest BCUT2D eigenvalue weighted by Gasteiger charge is 2.18. The summed E-state index contributed by atoms with van der Waals surface area (Å²) in [5, 5.41) is 13.6. The second-order valence-electron chi connectivity index (χ2n) is 5.26. The molecule has 0 aliphatic heterocycles. The zero-order valence-electron chi connectivity index (χ0n) is 13.6. The number of nitrogens with zero attached hydrogens (tertiary/aromatic N) is 3. The van der Waals surface area contributed by atoms with Gasteiger partial charge in [0.2, 0.25) is 5.91 Å². The van der Waals surface area contributed by atoms with Crippen molar-refractivity contribution in [1.29, 1.82) is 0 Å². The number of thiophene rings is 1. The summed E-state index contributed by atoms with van der Waals surface area (Å²) < 4.78 is 15.1. The third-order valence-electron chi connectivity index (χ3n) is 3.59. The predicted molar refractivity (Wildman–Crippen MR) is 97.1 cm³/mol. The normalized spacial score (nSPS) is 12.1. The summed E-state index contributed by atoms with van der Waals surface area (Å²) in [4.78, 5) is 13.4. The van der Waals surface area contributed by atoms with Crippen molar-refractivity contribution in [1.82, 2.24) is 20.1 Å². The number of nitrogens with one attached hydrogen (secondary N) is 1. The predicted octanol–water partition coefficient (Wildman–Crippen LogP) is 3.50. The molecule has 3 rings (SSSR count). The lowest BCUT2D eigenvalue weighted by Gasteiger charge is -2.18. The summed E-state index contributed by atoms with van der Waals surface area (Å²) >= 11 is 2.90. The first-order valence-electron chi connectivity index (χ1n) is 7.76. The molecular formula is C17H17FN4OS2. The highest BCUT2D eigenvalue weighted by molar-refractivity contribution is 7.99. The first-order valence-corrected chi connectivity index (χ1v) is 9.62. The van der Waals surface area contributed by atoms with Crippen LogP contribution < -0.4 is 5.32 Å². The van der Waals surface area contributed by atoms with E-state index < -0.39 is 0 Å². The number of halogens is 1. The number of amides is 1. The van der Waals surface area contributed by atoms with Crippen molar-refractivity contribution in [3.63, 3.8) is 0 Å². The fraction of sp³-hybridized carbons (Fsp3) is 0.235. The second-order valence-corrected chi connectivity index (χ2v) is 7.18. The Labute approximate surface area is 153 Å². The van der Waals surface area contributed by atoms with Crippen molar-refractivity contribution in [2.45, 2.75) is 24.7 Å². The van der Waals surface area contributed by atoms with E-state index in [4.69, 9.17) is 0 Å². The molecule has 0 aliphatic carbocycles. The van der Waals surface area contributed by atoms with Crippen LogP contribution in [0.2, 0.25) is 0 Å². The molecule has 0 radical (unpaired) electrons. The molecule has 2 heterocycles. The number of carbonyl (C=O) groups excluding carboxylic acids is 1.